The number of piperidine rings is 1. The first-order valence-corrected chi connectivity index (χ1v) is 7.28. The van der Waals surface area contributed by atoms with Crippen molar-refractivity contribution in [3.05, 3.63) is 23.9 Å². The Morgan fingerprint density at radius 2 is 2.19 bits per heavy atom. The van der Waals surface area contributed by atoms with E-state index >= 15 is 0 Å². The Morgan fingerprint density at radius 1 is 1.38 bits per heavy atom. The Balaban J connectivity index is 1.87. The van der Waals surface area contributed by atoms with Crippen LogP contribution in [0.1, 0.15) is 36.0 Å². The number of rotatable bonds is 2. The van der Waals surface area contributed by atoms with Crippen LogP contribution in [0.4, 0.5) is 0 Å². The highest BCUT2D eigenvalue weighted by atomic mass is 16.5. The zero-order chi connectivity index (χ0) is 14.9. The molecule has 1 spiro atoms. The topological polar surface area (TPSA) is 71.5 Å². The van der Waals surface area contributed by atoms with E-state index in [9.17, 15) is 9.59 Å². The van der Waals surface area contributed by atoms with Crippen molar-refractivity contribution in [1.29, 1.82) is 0 Å². The van der Waals surface area contributed by atoms with E-state index in [1.54, 1.807) is 17.0 Å². The van der Waals surface area contributed by atoms with Crippen LogP contribution in [-0.2, 0) is 4.79 Å². The van der Waals surface area contributed by atoms with Gasteiger partial charge < -0.3 is 15.0 Å². The van der Waals surface area contributed by atoms with Gasteiger partial charge in [-0.3, -0.25) is 9.59 Å². The van der Waals surface area contributed by atoms with Crippen LogP contribution in [0, 0.1) is 0 Å². The molecule has 1 aromatic rings. The summed E-state index contributed by atoms with van der Waals surface area (Å²) in [5, 5.41) is 2.90. The second kappa shape index (κ2) is 5.35. The van der Waals surface area contributed by atoms with Crippen molar-refractivity contribution in [2.24, 2.45) is 0 Å². The van der Waals surface area contributed by atoms with Crippen LogP contribution in [0.2, 0.25) is 0 Å². The molecule has 0 saturated carbocycles. The van der Waals surface area contributed by atoms with Gasteiger partial charge in [0.2, 0.25) is 11.8 Å². The van der Waals surface area contributed by atoms with Gasteiger partial charge in [-0.15, -0.1) is 0 Å². The van der Waals surface area contributed by atoms with E-state index < -0.39 is 5.54 Å². The average Bonchev–Trinajstić information content (AvgIpc) is 2.94. The highest BCUT2D eigenvalue weighted by Crippen LogP contribution is 2.36. The Labute approximate surface area is 123 Å². The van der Waals surface area contributed by atoms with E-state index in [-0.39, 0.29) is 11.8 Å². The quantitative estimate of drug-likeness (QED) is 0.881. The van der Waals surface area contributed by atoms with E-state index in [2.05, 4.69) is 10.3 Å². The lowest BCUT2D eigenvalue weighted by Gasteiger charge is -2.40. The molecule has 2 aliphatic rings. The van der Waals surface area contributed by atoms with Gasteiger partial charge in [-0.1, -0.05) is 0 Å². The molecule has 112 valence electrons. The van der Waals surface area contributed by atoms with E-state index in [4.69, 9.17) is 4.74 Å². The molecule has 21 heavy (non-hydrogen) atoms. The van der Waals surface area contributed by atoms with Crippen LogP contribution in [0.3, 0.4) is 0 Å². The fourth-order valence-corrected chi connectivity index (χ4v) is 3.31. The van der Waals surface area contributed by atoms with Crippen molar-refractivity contribution in [2.75, 3.05) is 20.2 Å². The minimum atomic E-state index is -0.657. The molecule has 2 aliphatic heterocycles. The molecule has 2 saturated heterocycles. The number of carbonyl (C=O) groups excluding carboxylic acids is 2. The summed E-state index contributed by atoms with van der Waals surface area (Å²) in [5.74, 6) is 0.332. The second-order valence-corrected chi connectivity index (χ2v) is 5.54. The molecular formula is C15H19N3O3. The monoisotopic (exact) mass is 289 g/mol. The molecule has 0 bridgehead atoms. The number of nitrogens with one attached hydrogen (secondary N) is 1. The number of amides is 2. The van der Waals surface area contributed by atoms with E-state index in [1.165, 1.54) is 13.3 Å². The van der Waals surface area contributed by atoms with Crippen molar-refractivity contribution in [3.8, 4) is 5.88 Å². The van der Waals surface area contributed by atoms with Gasteiger partial charge in [0.25, 0.3) is 5.91 Å². The molecule has 2 fully saturated rings. The minimum Gasteiger partial charge on any atom is -0.481 e. The summed E-state index contributed by atoms with van der Waals surface area (Å²) >= 11 is 0. The molecule has 1 unspecified atom stereocenters. The SMILES string of the molecule is COc1ccc(C(=O)N2CCCC23CCCNC3=O)cn1. The molecule has 0 aliphatic carbocycles. The Hall–Kier alpha value is -2.11. The van der Waals surface area contributed by atoms with Crippen LogP contribution < -0.4 is 10.1 Å². The second-order valence-electron chi connectivity index (χ2n) is 5.54. The van der Waals surface area contributed by atoms with Crippen molar-refractivity contribution < 1.29 is 14.3 Å². The lowest BCUT2D eigenvalue weighted by atomic mass is 9.86. The predicted molar refractivity (Wildman–Crippen MR) is 76.0 cm³/mol. The first kappa shape index (κ1) is 13.9. The predicted octanol–water partition coefficient (Wildman–Crippen LogP) is 0.975. The van der Waals surface area contributed by atoms with Crippen LogP contribution >= 0.6 is 0 Å². The van der Waals surface area contributed by atoms with Crippen molar-refractivity contribution in [3.63, 3.8) is 0 Å². The summed E-state index contributed by atoms with van der Waals surface area (Å²) in [6.07, 6.45) is 4.77. The number of likely N-dealkylation sites (tertiary alicyclic amines) is 1. The van der Waals surface area contributed by atoms with Gasteiger partial charge >= 0.3 is 0 Å². The average molecular weight is 289 g/mol. The highest BCUT2D eigenvalue weighted by Gasteiger charge is 2.50. The third-order valence-electron chi connectivity index (χ3n) is 4.40. The maximum absolute atomic E-state index is 12.7. The number of nitrogens with zero attached hydrogens (tertiary/aromatic N) is 2. The molecule has 1 atom stereocenters. The van der Waals surface area contributed by atoms with Gasteiger partial charge in [0.05, 0.1) is 12.7 Å². The van der Waals surface area contributed by atoms with Crippen LogP contribution in [0.25, 0.3) is 0 Å². The molecule has 2 amide bonds. The zero-order valence-electron chi connectivity index (χ0n) is 12.1. The molecule has 1 N–H and O–H groups in total. The number of aromatic nitrogens is 1. The number of carbonyl (C=O) groups is 2. The fourth-order valence-electron chi connectivity index (χ4n) is 3.31. The van der Waals surface area contributed by atoms with Gasteiger partial charge in [-0.25, -0.2) is 4.98 Å². The third-order valence-corrected chi connectivity index (χ3v) is 4.40. The van der Waals surface area contributed by atoms with Gasteiger partial charge in [0, 0.05) is 25.4 Å². The van der Waals surface area contributed by atoms with Crippen LogP contribution in [0.15, 0.2) is 18.3 Å². The van der Waals surface area contributed by atoms with Crippen LogP contribution in [0.5, 0.6) is 5.88 Å². The number of pyridine rings is 1. The maximum atomic E-state index is 12.7. The molecule has 3 heterocycles. The molecule has 1 aromatic heterocycles. The van der Waals surface area contributed by atoms with Gasteiger partial charge in [0.15, 0.2) is 0 Å². The first-order chi connectivity index (χ1) is 10.2. The Morgan fingerprint density at radius 3 is 2.86 bits per heavy atom. The van der Waals surface area contributed by atoms with Crippen molar-refractivity contribution in [1.82, 2.24) is 15.2 Å². The molecule has 6 nitrogen and oxygen atoms in total. The smallest absolute Gasteiger partial charge is 0.256 e. The highest BCUT2D eigenvalue weighted by molar-refractivity contribution is 5.99. The van der Waals surface area contributed by atoms with Gasteiger partial charge in [0.1, 0.15) is 5.54 Å². The zero-order valence-corrected chi connectivity index (χ0v) is 12.1. The van der Waals surface area contributed by atoms with Gasteiger partial charge in [-0.05, 0) is 31.7 Å². The molecule has 3 rings (SSSR count). The maximum Gasteiger partial charge on any atom is 0.256 e. The van der Waals surface area contributed by atoms with Crippen molar-refractivity contribution in [2.45, 2.75) is 31.2 Å². The lowest BCUT2D eigenvalue weighted by Crippen LogP contribution is -2.60. The summed E-state index contributed by atoms with van der Waals surface area (Å²) in [6, 6.07) is 3.36. The summed E-state index contributed by atoms with van der Waals surface area (Å²) < 4.78 is 5.00. The number of hydrogen-bond donors (Lipinski definition) is 1. The summed E-state index contributed by atoms with van der Waals surface area (Å²) in [6.45, 7) is 1.32. The third kappa shape index (κ3) is 2.24. The summed E-state index contributed by atoms with van der Waals surface area (Å²) in [5.41, 5.74) is -0.162. The molecule has 6 heteroatoms. The number of methoxy groups -OCH3 is 1. The lowest BCUT2D eigenvalue weighted by molar-refractivity contribution is -0.133. The van der Waals surface area contributed by atoms with E-state index in [0.29, 0.717) is 24.5 Å². The summed E-state index contributed by atoms with van der Waals surface area (Å²) in [4.78, 5) is 30.9. The number of hydrogen-bond acceptors (Lipinski definition) is 4. The minimum absolute atomic E-state index is 0.0129. The molecule has 0 radical (unpaired) electrons. The molecular weight excluding hydrogens is 270 g/mol. The van der Waals surface area contributed by atoms with Gasteiger partial charge in [-0.2, -0.15) is 0 Å². The first-order valence-electron chi connectivity index (χ1n) is 7.28. The molecule has 0 aromatic carbocycles. The standard InChI is InChI=1S/C15H19N3O3/c1-21-12-5-4-11(10-17-12)13(19)18-9-3-7-15(18)6-2-8-16-14(15)20/h4-5,10H,2-3,6-9H2,1H3,(H,16,20). The summed E-state index contributed by atoms with van der Waals surface area (Å²) in [7, 11) is 1.53. The van der Waals surface area contributed by atoms with E-state index in [0.717, 1.165) is 25.7 Å². The largest absolute Gasteiger partial charge is 0.481 e. The number of ether oxygens (including phenoxy) is 1. The Bertz CT molecular complexity index is 558. The van der Waals surface area contributed by atoms with Crippen LogP contribution in [-0.4, -0.2) is 47.4 Å². The normalized spacial score (nSPS) is 25.0. The van der Waals surface area contributed by atoms with Crippen molar-refractivity contribution >= 4 is 11.8 Å². The fraction of sp³-hybridized carbons (Fsp3) is 0.533. The van der Waals surface area contributed by atoms with E-state index in [1.807, 2.05) is 0 Å². The Kier molecular flexibility index (Phi) is 3.53.